The van der Waals surface area contributed by atoms with E-state index in [0.717, 1.165) is 5.56 Å². The Bertz CT molecular complexity index is 772. The topological polar surface area (TPSA) is 49.7 Å². The molecule has 106 valence electrons. The van der Waals surface area contributed by atoms with Gasteiger partial charge in [-0.15, -0.1) is 0 Å². The summed E-state index contributed by atoms with van der Waals surface area (Å²) in [5.74, 6) is -0.599. The first kappa shape index (κ1) is 14.8. The Labute approximate surface area is 142 Å². The van der Waals surface area contributed by atoms with Crippen molar-refractivity contribution in [2.45, 2.75) is 5.92 Å². The molecule has 0 fully saturated rings. The third kappa shape index (κ3) is 2.54. The number of ketones is 1. The van der Waals surface area contributed by atoms with E-state index in [1.54, 1.807) is 36.5 Å². The molecule has 1 heterocycles. The van der Waals surface area contributed by atoms with Crippen molar-refractivity contribution in [1.82, 2.24) is 0 Å². The maximum absolute atomic E-state index is 12.7. The summed E-state index contributed by atoms with van der Waals surface area (Å²) in [6.07, 6.45) is 1.61. The van der Waals surface area contributed by atoms with E-state index >= 15 is 0 Å². The van der Waals surface area contributed by atoms with Gasteiger partial charge in [0.05, 0.1) is 26.1 Å². The molecular weight excluding hydrogens is 421 g/mol. The molecule has 0 saturated carbocycles. The van der Waals surface area contributed by atoms with Gasteiger partial charge in [0.15, 0.2) is 5.78 Å². The normalized spacial score (nSPS) is 16.9. The zero-order chi connectivity index (χ0) is 15.1. The van der Waals surface area contributed by atoms with E-state index in [4.69, 9.17) is 11.6 Å². The highest BCUT2D eigenvalue weighted by atomic mass is 79.9. The summed E-state index contributed by atoms with van der Waals surface area (Å²) in [7, 11) is 0. The van der Waals surface area contributed by atoms with Gasteiger partial charge in [0.2, 0.25) is 0 Å². The molecule has 1 N–H and O–H groups in total. The van der Waals surface area contributed by atoms with Gasteiger partial charge in [0.1, 0.15) is 5.75 Å². The average molecular weight is 429 g/mol. The minimum absolute atomic E-state index is 0.00550. The maximum atomic E-state index is 12.7. The van der Waals surface area contributed by atoms with Crippen molar-refractivity contribution in [1.29, 1.82) is 0 Å². The third-order valence-electron chi connectivity index (χ3n) is 3.29. The van der Waals surface area contributed by atoms with E-state index in [-0.39, 0.29) is 11.5 Å². The fourth-order valence-electron chi connectivity index (χ4n) is 2.22. The second kappa shape index (κ2) is 5.55. The predicted octanol–water partition coefficient (Wildman–Crippen LogP) is 5.25. The number of carbonyl (C=O) groups excluding carboxylic acids is 1. The van der Waals surface area contributed by atoms with E-state index in [9.17, 15) is 9.90 Å². The highest BCUT2D eigenvalue weighted by molar-refractivity contribution is 9.11. The number of fused-ring (bicyclic) bond motifs is 1. The van der Waals surface area contributed by atoms with Crippen LogP contribution in [0.3, 0.4) is 0 Å². The molecule has 1 unspecified atom stereocenters. The maximum Gasteiger partial charge on any atom is 0.179 e. The molecule has 0 aromatic heterocycles. The van der Waals surface area contributed by atoms with Gasteiger partial charge in [-0.25, -0.2) is 0 Å². The monoisotopic (exact) mass is 427 g/mol. The average Bonchev–Trinajstić information content (AvgIpc) is 2.46. The van der Waals surface area contributed by atoms with E-state index in [2.05, 4.69) is 36.9 Å². The number of halogens is 3. The van der Waals surface area contributed by atoms with Crippen molar-refractivity contribution in [3.8, 4) is 5.75 Å². The third-order valence-corrected chi connectivity index (χ3v) is 4.92. The van der Waals surface area contributed by atoms with Crippen LogP contribution in [0.5, 0.6) is 5.75 Å². The van der Waals surface area contributed by atoms with Crippen molar-refractivity contribution < 1.29 is 9.90 Å². The van der Waals surface area contributed by atoms with Crippen LogP contribution < -0.4 is 0 Å². The fourth-order valence-corrected chi connectivity index (χ4v) is 3.64. The molecule has 3 rings (SSSR count). The highest BCUT2D eigenvalue weighted by Gasteiger charge is 2.30. The van der Waals surface area contributed by atoms with Crippen LogP contribution in [0.2, 0.25) is 5.02 Å². The molecule has 3 nitrogen and oxygen atoms in total. The van der Waals surface area contributed by atoms with Crippen LogP contribution in [0, 0.1) is 0 Å². The number of rotatable bonds is 1. The lowest BCUT2D eigenvalue weighted by Crippen LogP contribution is -2.18. The van der Waals surface area contributed by atoms with Crippen LogP contribution in [-0.2, 0) is 0 Å². The van der Waals surface area contributed by atoms with Crippen LogP contribution in [0.4, 0.5) is 5.69 Å². The van der Waals surface area contributed by atoms with Gasteiger partial charge in [-0.3, -0.25) is 9.79 Å². The lowest BCUT2D eigenvalue weighted by molar-refractivity contribution is 0.0982. The summed E-state index contributed by atoms with van der Waals surface area (Å²) < 4.78 is 0.843. The summed E-state index contributed by atoms with van der Waals surface area (Å²) in [5.41, 5.74) is 1.73. The number of carbonyl (C=O) groups is 1. The summed E-state index contributed by atoms with van der Waals surface area (Å²) in [6.45, 7) is 0. The number of aliphatic imine (C=N–C) groups is 1. The second-order valence-corrected chi connectivity index (χ2v) is 6.67. The van der Waals surface area contributed by atoms with Crippen molar-refractivity contribution >= 4 is 61.1 Å². The summed E-state index contributed by atoms with van der Waals surface area (Å²) in [4.78, 5) is 17.0. The summed E-state index contributed by atoms with van der Waals surface area (Å²) in [6, 6.07) is 8.70. The quantitative estimate of drug-likeness (QED) is 0.673. The van der Waals surface area contributed by atoms with E-state index in [1.807, 2.05) is 0 Å². The molecule has 21 heavy (non-hydrogen) atoms. The molecule has 2 aromatic rings. The van der Waals surface area contributed by atoms with Crippen molar-refractivity contribution in [2.24, 2.45) is 4.99 Å². The SMILES string of the molecule is O=C1c2c(cc(Br)c(O)c2Br)N=CC1c1ccc(Cl)cc1. The molecule has 0 spiro atoms. The molecule has 0 saturated heterocycles. The largest absolute Gasteiger partial charge is 0.506 e. The van der Waals surface area contributed by atoms with E-state index < -0.39 is 5.92 Å². The lowest BCUT2D eigenvalue weighted by Gasteiger charge is -2.20. The number of hydrogen-bond donors (Lipinski definition) is 1. The molecular formula is C15H8Br2ClNO2. The Kier molecular flexibility index (Phi) is 3.90. The van der Waals surface area contributed by atoms with Crippen LogP contribution >= 0.6 is 43.5 Å². The lowest BCUT2D eigenvalue weighted by atomic mass is 9.89. The van der Waals surface area contributed by atoms with Gasteiger partial charge < -0.3 is 5.11 Å². The zero-order valence-corrected chi connectivity index (χ0v) is 14.4. The summed E-state index contributed by atoms with van der Waals surface area (Å²) >= 11 is 12.4. The molecule has 1 aliphatic rings. The molecule has 2 aromatic carbocycles. The van der Waals surface area contributed by atoms with Gasteiger partial charge in [-0.2, -0.15) is 0 Å². The Morgan fingerprint density at radius 2 is 1.86 bits per heavy atom. The first-order valence-corrected chi connectivity index (χ1v) is 8.00. The molecule has 6 heteroatoms. The van der Waals surface area contributed by atoms with Gasteiger partial charge in [-0.1, -0.05) is 23.7 Å². The van der Waals surface area contributed by atoms with Crippen LogP contribution in [-0.4, -0.2) is 17.1 Å². The Morgan fingerprint density at radius 1 is 1.19 bits per heavy atom. The van der Waals surface area contributed by atoms with Crippen LogP contribution in [0.1, 0.15) is 21.8 Å². The second-order valence-electron chi connectivity index (χ2n) is 4.59. The van der Waals surface area contributed by atoms with Crippen LogP contribution in [0.25, 0.3) is 0 Å². The first-order valence-electron chi connectivity index (χ1n) is 6.04. The number of benzene rings is 2. The van der Waals surface area contributed by atoms with Crippen molar-refractivity contribution in [3.05, 3.63) is 55.4 Å². The standard InChI is InChI=1S/C15H8Br2ClNO2/c16-10-5-11-12(13(17)15(10)21)14(20)9(6-19-11)7-1-3-8(18)4-2-7/h1-6,9,21H. The Morgan fingerprint density at radius 3 is 2.52 bits per heavy atom. The molecule has 0 radical (unpaired) electrons. The first-order chi connectivity index (χ1) is 9.99. The molecule has 0 bridgehead atoms. The van der Waals surface area contributed by atoms with Crippen molar-refractivity contribution in [3.63, 3.8) is 0 Å². The van der Waals surface area contributed by atoms with E-state index in [0.29, 0.717) is 25.2 Å². The smallest absolute Gasteiger partial charge is 0.179 e. The molecule has 1 aliphatic heterocycles. The number of phenols is 1. The Hall–Kier alpha value is -1.17. The Balaban J connectivity index is 2.11. The number of Topliss-reactive ketones (excluding diaryl/α,β-unsaturated/α-hetero) is 1. The summed E-state index contributed by atoms with van der Waals surface area (Å²) in [5, 5.41) is 10.6. The number of nitrogens with zero attached hydrogens (tertiary/aromatic N) is 1. The minimum atomic E-state index is -0.480. The molecule has 1 atom stereocenters. The number of hydrogen-bond acceptors (Lipinski definition) is 3. The number of phenolic OH excluding ortho intramolecular Hbond substituents is 1. The van der Waals surface area contributed by atoms with Gasteiger partial charge in [0, 0.05) is 11.2 Å². The molecule has 0 aliphatic carbocycles. The van der Waals surface area contributed by atoms with E-state index in [1.165, 1.54) is 0 Å². The minimum Gasteiger partial charge on any atom is -0.506 e. The zero-order valence-electron chi connectivity index (χ0n) is 10.5. The fraction of sp³-hybridized carbons (Fsp3) is 0.0667. The van der Waals surface area contributed by atoms with Crippen LogP contribution in [0.15, 0.2) is 44.3 Å². The highest BCUT2D eigenvalue weighted by Crippen LogP contribution is 2.44. The molecule has 0 amide bonds. The van der Waals surface area contributed by atoms with Gasteiger partial charge in [-0.05, 0) is 55.6 Å². The van der Waals surface area contributed by atoms with Gasteiger partial charge in [0.25, 0.3) is 0 Å². The van der Waals surface area contributed by atoms with Crippen molar-refractivity contribution in [2.75, 3.05) is 0 Å². The van der Waals surface area contributed by atoms with Gasteiger partial charge >= 0.3 is 0 Å². The predicted molar refractivity (Wildman–Crippen MR) is 90.2 cm³/mol. The number of aromatic hydroxyl groups is 1.